The zero-order valence-corrected chi connectivity index (χ0v) is 15.7. The Morgan fingerprint density at radius 3 is 2.44 bits per heavy atom. The van der Waals surface area contributed by atoms with E-state index in [1.807, 2.05) is 61.5 Å². The van der Waals surface area contributed by atoms with Gasteiger partial charge in [-0.1, -0.05) is 48.5 Å². The van der Waals surface area contributed by atoms with Crippen molar-refractivity contribution >= 4 is 18.3 Å². The third-order valence-electron chi connectivity index (χ3n) is 3.98. The fraction of sp³-hybridized carbons (Fsp3) is 0.350. The Morgan fingerprint density at radius 2 is 1.76 bits per heavy atom. The molecule has 5 heteroatoms. The largest absolute Gasteiger partial charge is 0.493 e. The number of carbonyl (C=O) groups is 1. The van der Waals surface area contributed by atoms with Gasteiger partial charge in [0.05, 0.1) is 12.6 Å². The van der Waals surface area contributed by atoms with Gasteiger partial charge in [0.15, 0.2) is 0 Å². The summed E-state index contributed by atoms with van der Waals surface area (Å²) in [5.74, 6) is 0.863. The first kappa shape index (κ1) is 21.0. The maximum Gasteiger partial charge on any atom is 0.239 e. The fourth-order valence-corrected chi connectivity index (χ4v) is 2.55. The van der Waals surface area contributed by atoms with E-state index in [1.165, 1.54) is 0 Å². The summed E-state index contributed by atoms with van der Waals surface area (Å²) in [5.41, 5.74) is 8.24. The van der Waals surface area contributed by atoms with Gasteiger partial charge in [0.1, 0.15) is 5.75 Å². The van der Waals surface area contributed by atoms with Crippen molar-refractivity contribution in [1.29, 1.82) is 0 Å². The number of ether oxygens (including phenoxy) is 1. The highest BCUT2D eigenvalue weighted by Gasteiger charge is 2.18. The van der Waals surface area contributed by atoms with Gasteiger partial charge in [-0.25, -0.2) is 0 Å². The second-order valence-corrected chi connectivity index (χ2v) is 6.02. The van der Waals surface area contributed by atoms with Crippen molar-refractivity contribution in [2.24, 2.45) is 5.73 Å². The van der Waals surface area contributed by atoms with Crippen LogP contribution in [0, 0.1) is 6.92 Å². The predicted octanol–water partition coefficient (Wildman–Crippen LogP) is 3.21. The van der Waals surface area contributed by atoms with Crippen LogP contribution in [0.4, 0.5) is 0 Å². The van der Waals surface area contributed by atoms with Crippen LogP contribution in [0.5, 0.6) is 5.75 Å². The minimum atomic E-state index is -0.505. The van der Waals surface area contributed by atoms with Gasteiger partial charge >= 0.3 is 0 Å². The Morgan fingerprint density at radius 1 is 1.12 bits per heavy atom. The molecule has 0 bridgehead atoms. The molecule has 2 N–H and O–H groups in total. The van der Waals surface area contributed by atoms with Gasteiger partial charge in [0, 0.05) is 13.6 Å². The summed E-state index contributed by atoms with van der Waals surface area (Å²) in [5, 5.41) is 0. The van der Waals surface area contributed by atoms with Crippen molar-refractivity contribution in [3.05, 3.63) is 65.7 Å². The van der Waals surface area contributed by atoms with Gasteiger partial charge in [0.25, 0.3) is 0 Å². The van der Waals surface area contributed by atoms with E-state index in [4.69, 9.17) is 10.5 Å². The van der Waals surface area contributed by atoms with E-state index in [2.05, 4.69) is 0 Å². The fourth-order valence-electron chi connectivity index (χ4n) is 2.55. The smallest absolute Gasteiger partial charge is 0.239 e. The molecule has 0 aliphatic heterocycles. The average molecular weight is 363 g/mol. The molecule has 0 radical (unpaired) electrons. The first-order valence-corrected chi connectivity index (χ1v) is 8.31. The highest BCUT2D eigenvalue weighted by atomic mass is 35.5. The molecule has 2 aromatic rings. The zero-order valence-electron chi connectivity index (χ0n) is 14.9. The molecule has 0 saturated heterocycles. The van der Waals surface area contributed by atoms with Crippen LogP contribution < -0.4 is 10.5 Å². The molecule has 0 aromatic heterocycles. The second kappa shape index (κ2) is 10.7. The number of amides is 1. The number of nitrogens with two attached hydrogens (primary N) is 1. The maximum atomic E-state index is 12.3. The van der Waals surface area contributed by atoms with Crippen molar-refractivity contribution < 1.29 is 9.53 Å². The molecule has 0 spiro atoms. The average Bonchev–Trinajstić information content (AvgIpc) is 2.60. The number of nitrogens with zero attached hydrogens (tertiary/aromatic N) is 1. The Hall–Kier alpha value is -2.04. The molecule has 4 nitrogen and oxygen atoms in total. The molecule has 2 aromatic carbocycles. The number of likely N-dealkylation sites (N-methyl/N-ethyl adjacent to an activating group) is 1. The minimum Gasteiger partial charge on any atom is -0.493 e. The highest BCUT2D eigenvalue weighted by molar-refractivity contribution is 5.85. The minimum absolute atomic E-state index is 0. The summed E-state index contributed by atoms with van der Waals surface area (Å²) in [4.78, 5) is 14.0. The first-order chi connectivity index (χ1) is 11.6. The molecule has 0 aliphatic rings. The molecule has 0 aliphatic carbocycles. The summed E-state index contributed by atoms with van der Waals surface area (Å²) in [6.45, 7) is 3.23. The molecule has 0 saturated carbocycles. The molecule has 2 rings (SSSR count). The normalized spacial score (nSPS) is 11.3. The summed E-state index contributed by atoms with van der Waals surface area (Å²) in [7, 11) is 1.79. The van der Waals surface area contributed by atoms with Gasteiger partial charge in [-0.15, -0.1) is 12.4 Å². The van der Waals surface area contributed by atoms with E-state index in [0.717, 1.165) is 23.3 Å². The predicted molar refractivity (Wildman–Crippen MR) is 104 cm³/mol. The van der Waals surface area contributed by atoms with Crippen LogP contribution in [0.1, 0.15) is 17.5 Å². The Kier molecular flexibility index (Phi) is 9.03. The molecule has 1 atom stereocenters. The zero-order chi connectivity index (χ0) is 17.4. The van der Waals surface area contributed by atoms with Crippen LogP contribution >= 0.6 is 12.4 Å². The molecule has 1 amide bonds. The lowest BCUT2D eigenvalue weighted by Crippen LogP contribution is -2.43. The SMILES string of the molecule is Cc1ccccc1OCCCN(C)C(=O)[C@@H](N)Cc1ccccc1.Cl. The van der Waals surface area contributed by atoms with Crippen LogP contribution in [0.25, 0.3) is 0 Å². The van der Waals surface area contributed by atoms with Gasteiger partial charge in [0.2, 0.25) is 5.91 Å². The lowest BCUT2D eigenvalue weighted by Gasteiger charge is -2.21. The third-order valence-corrected chi connectivity index (χ3v) is 3.98. The maximum absolute atomic E-state index is 12.3. The second-order valence-electron chi connectivity index (χ2n) is 6.02. The van der Waals surface area contributed by atoms with Crippen LogP contribution in [-0.4, -0.2) is 37.0 Å². The van der Waals surface area contributed by atoms with Crippen molar-refractivity contribution in [1.82, 2.24) is 4.90 Å². The van der Waals surface area contributed by atoms with E-state index in [0.29, 0.717) is 19.6 Å². The number of halogens is 1. The summed E-state index contributed by atoms with van der Waals surface area (Å²) < 4.78 is 5.75. The van der Waals surface area contributed by atoms with Crippen LogP contribution in [0.3, 0.4) is 0 Å². The van der Waals surface area contributed by atoms with Crippen LogP contribution in [-0.2, 0) is 11.2 Å². The highest BCUT2D eigenvalue weighted by Crippen LogP contribution is 2.16. The van der Waals surface area contributed by atoms with Crippen LogP contribution in [0.15, 0.2) is 54.6 Å². The first-order valence-electron chi connectivity index (χ1n) is 8.31. The molecule has 136 valence electrons. The number of benzene rings is 2. The molecular formula is C20H27ClN2O2. The molecule has 0 unspecified atom stereocenters. The number of hydrogen-bond acceptors (Lipinski definition) is 3. The number of rotatable bonds is 8. The lowest BCUT2D eigenvalue weighted by molar-refractivity contribution is -0.131. The Labute approximate surface area is 156 Å². The van der Waals surface area contributed by atoms with E-state index < -0.39 is 6.04 Å². The molecule has 25 heavy (non-hydrogen) atoms. The monoisotopic (exact) mass is 362 g/mol. The molecule has 0 heterocycles. The molecular weight excluding hydrogens is 336 g/mol. The lowest BCUT2D eigenvalue weighted by atomic mass is 10.1. The summed E-state index contributed by atoms with van der Waals surface area (Å²) >= 11 is 0. The number of para-hydroxylation sites is 1. The van der Waals surface area contributed by atoms with Gasteiger partial charge in [-0.05, 0) is 37.0 Å². The van der Waals surface area contributed by atoms with Crippen molar-refractivity contribution in [3.8, 4) is 5.75 Å². The standard InChI is InChI=1S/C20H26N2O2.ClH/c1-16-9-6-7-12-19(16)24-14-8-13-22(2)20(23)18(21)15-17-10-4-3-5-11-17;/h3-7,9-12,18H,8,13-15,21H2,1-2H3;1H/t18-;/m0./s1. The van der Waals surface area contributed by atoms with Crippen LogP contribution in [0.2, 0.25) is 0 Å². The summed E-state index contributed by atoms with van der Waals surface area (Å²) in [6, 6.07) is 17.3. The van der Waals surface area contributed by atoms with Gasteiger partial charge in [-0.3, -0.25) is 4.79 Å². The van der Waals surface area contributed by atoms with E-state index in [9.17, 15) is 4.79 Å². The van der Waals surface area contributed by atoms with Crippen molar-refractivity contribution in [3.63, 3.8) is 0 Å². The third kappa shape index (κ3) is 6.77. The number of hydrogen-bond donors (Lipinski definition) is 1. The van der Waals surface area contributed by atoms with Crippen molar-refractivity contribution in [2.75, 3.05) is 20.2 Å². The number of aryl methyl sites for hydroxylation is 1. The Bertz CT molecular complexity index is 649. The number of carbonyl (C=O) groups excluding carboxylic acids is 1. The summed E-state index contributed by atoms with van der Waals surface area (Å²) in [6.07, 6.45) is 1.33. The van der Waals surface area contributed by atoms with Crippen molar-refractivity contribution in [2.45, 2.75) is 25.8 Å². The van der Waals surface area contributed by atoms with E-state index in [-0.39, 0.29) is 18.3 Å². The molecule has 0 fully saturated rings. The Balaban J connectivity index is 0.00000312. The van der Waals surface area contributed by atoms with Gasteiger partial charge in [-0.2, -0.15) is 0 Å². The van der Waals surface area contributed by atoms with Gasteiger partial charge < -0.3 is 15.4 Å². The van der Waals surface area contributed by atoms with E-state index in [1.54, 1.807) is 11.9 Å². The quantitative estimate of drug-likeness (QED) is 0.733. The van der Waals surface area contributed by atoms with E-state index >= 15 is 0 Å². The topological polar surface area (TPSA) is 55.6 Å².